The van der Waals surface area contributed by atoms with Gasteiger partial charge in [0.1, 0.15) is 18.3 Å². The molecule has 2 amide bonds. The van der Waals surface area contributed by atoms with Crippen molar-refractivity contribution < 1.29 is 22.7 Å². The first-order chi connectivity index (χ1) is 17.6. The molecule has 1 unspecified atom stereocenters. The lowest BCUT2D eigenvalue weighted by molar-refractivity contribution is -0.139. The van der Waals surface area contributed by atoms with Gasteiger partial charge >= 0.3 is 0 Å². The average molecular weight is 564 g/mol. The number of methoxy groups -OCH3 is 1. The zero-order valence-corrected chi connectivity index (χ0v) is 22.8. The van der Waals surface area contributed by atoms with Crippen molar-refractivity contribution in [2.45, 2.75) is 24.4 Å². The van der Waals surface area contributed by atoms with Crippen LogP contribution in [0.1, 0.15) is 12.5 Å². The molecule has 0 radical (unpaired) electrons. The van der Waals surface area contributed by atoms with Crippen LogP contribution in [0.4, 0.5) is 5.69 Å². The molecule has 0 aliphatic heterocycles. The molecule has 1 N–H and O–H groups in total. The summed E-state index contributed by atoms with van der Waals surface area (Å²) < 4.78 is 33.6. The summed E-state index contributed by atoms with van der Waals surface area (Å²) in [5.41, 5.74) is 0.780. The maximum absolute atomic E-state index is 13.7. The molecule has 0 saturated carbocycles. The van der Waals surface area contributed by atoms with E-state index in [9.17, 15) is 18.0 Å². The fourth-order valence-corrected chi connectivity index (χ4v) is 5.69. The first-order valence-electron chi connectivity index (χ1n) is 11.2. The Balaban J connectivity index is 2.06. The molecule has 3 aromatic rings. The van der Waals surface area contributed by atoms with Crippen molar-refractivity contribution in [2.24, 2.45) is 0 Å². The minimum Gasteiger partial charge on any atom is -0.497 e. The highest BCUT2D eigenvalue weighted by molar-refractivity contribution is 7.92. The quantitative estimate of drug-likeness (QED) is 0.395. The average Bonchev–Trinajstić information content (AvgIpc) is 2.90. The number of sulfonamides is 1. The van der Waals surface area contributed by atoms with E-state index >= 15 is 0 Å². The Labute approximate surface area is 226 Å². The number of halogens is 2. The number of hydrogen-bond donors (Lipinski definition) is 1. The Hall–Kier alpha value is -3.27. The van der Waals surface area contributed by atoms with Crippen molar-refractivity contribution in [3.05, 3.63) is 88.4 Å². The van der Waals surface area contributed by atoms with Crippen LogP contribution in [0.3, 0.4) is 0 Å². The van der Waals surface area contributed by atoms with Gasteiger partial charge < -0.3 is 15.0 Å². The predicted octanol–water partition coefficient (Wildman–Crippen LogP) is 4.36. The van der Waals surface area contributed by atoms with Gasteiger partial charge in [0.15, 0.2) is 0 Å². The largest absolute Gasteiger partial charge is 0.497 e. The first kappa shape index (κ1) is 28.3. The Kier molecular flexibility index (Phi) is 9.42. The number of nitrogens with zero attached hydrogens (tertiary/aromatic N) is 2. The number of ether oxygens (including phenoxy) is 1. The lowest BCUT2D eigenvalue weighted by Gasteiger charge is -2.32. The molecule has 196 valence electrons. The lowest BCUT2D eigenvalue weighted by Crippen LogP contribution is -2.50. The summed E-state index contributed by atoms with van der Waals surface area (Å²) >= 11 is 12.4. The highest BCUT2D eigenvalue weighted by Gasteiger charge is 2.33. The molecule has 3 aromatic carbocycles. The maximum Gasteiger partial charge on any atom is 0.264 e. The minimum atomic E-state index is -4.22. The molecule has 0 spiro atoms. The Morgan fingerprint density at radius 2 is 1.70 bits per heavy atom. The highest BCUT2D eigenvalue weighted by Crippen LogP contribution is 2.33. The zero-order chi connectivity index (χ0) is 27.2. The number of hydrogen-bond acceptors (Lipinski definition) is 5. The van der Waals surface area contributed by atoms with Gasteiger partial charge in [-0.15, -0.1) is 0 Å². The van der Waals surface area contributed by atoms with Crippen molar-refractivity contribution in [1.82, 2.24) is 10.2 Å². The summed E-state index contributed by atoms with van der Waals surface area (Å²) in [4.78, 5) is 27.6. The SMILES string of the molecule is CNC(=O)C(C)N(Cc1cccc(OC)c1)C(=O)CN(c1ccc(Cl)cc1Cl)S(=O)(=O)c1ccccc1. The molecule has 0 aliphatic carbocycles. The smallest absolute Gasteiger partial charge is 0.264 e. The van der Waals surface area contributed by atoms with Crippen LogP contribution in [0.5, 0.6) is 5.75 Å². The molecule has 0 bridgehead atoms. The van der Waals surface area contributed by atoms with Gasteiger partial charge in [-0.25, -0.2) is 8.42 Å². The van der Waals surface area contributed by atoms with E-state index in [0.29, 0.717) is 16.3 Å². The van der Waals surface area contributed by atoms with E-state index in [1.54, 1.807) is 49.4 Å². The van der Waals surface area contributed by atoms with E-state index in [-0.39, 0.29) is 22.2 Å². The van der Waals surface area contributed by atoms with E-state index < -0.39 is 34.4 Å². The molecule has 3 rings (SSSR count). The van der Waals surface area contributed by atoms with Gasteiger partial charge in [-0.1, -0.05) is 53.5 Å². The number of rotatable bonds is 10. The molecule has 8 nitrogen and oxygen atoms in total. The summed E-state index contributed by atoms with van der Waals surface area (Å²) in [5.74, 6) is -0.429. The minimum absolute atomic E-state index is 0.0208. The fourth-order valence-electron chi connectivity index (χ4n) is 3.68. The topological polar surface area (TPSA) is 96.0 Å². The molecule has 37 heavy (non-hydrogen) atoms. The van der Waals surface area contributed by atoms with Crippen molar-refractivity contribution in [1.29, 1.82) is 0 Å². The summed E-state index contributed by atoms with van der Waals surface area (Å²) in [6.07, 6.45) is 0. The molecular formula is C26H27Cl2N3O5S. The van der Waals surface area contributed by atoms with Gasteiger partial charge in [-0.2, -0.15) is 0 Å². The zero-order valence-electron chi connectivity index (χ0n) is 20.5. The molecule has 0 aliphatic rings. The maximum atomic E-state index is 13.7. The number of carbonyl (C=O) groups excluding carboxylic acids is 2. The van der Waals surface area contributed by atoms with Crippen LogP contribution in [0.25, 0.3) is 0 Å². The summed E-state index contributed by atoms with van der Waals surface area (Å²) in [6, 6.07) is 18.2. The second-order valence-corrected chi connectivity index (χ2v) is 10.8. The van der Waals surface area contributed by atoms with Gasteiger partial charge in [-0.05, 0) is 55.0 Å². The van der Waals surface area contributed by atoms with Crippen LogP contribution in [-0.2, 0) is 26.2 Å². The number of benzene rings is 3. The highest BCUT2D eigenvalue weighted by atomic mass is 35.5. The van der Waals surface area contributed by atoms with Crippen LogP contribution in [0, 0.1) is 0 Å². The second-order valence-electron chi connectivity index (χ2n) is 8.08. The Morgan fingerprint density at radius 1 is 1.00 bits per heavy atom. The molecule has 0 saturated heterocycles. The van der Waals surface area contributed by atoms with Gasteiger partial charge in [0.2, 0.25) is 11.8 Å². The number of carbonyl (C=O) groups is 2. The Bertz CT molecular complexity index is 1370. The monoisotopic (exact) mass is 563 g/mol. The van der Waals surface area contributed by atoms with Crippen LogP contribution in [0.2, 0.25) is 10.0 Å². The van der Waals surface area contributed by atoms with Gasteiger partial charge in [-0.3, -0.25) is 13.9 Å². The van der Waals surface area contributed by atoms with Crippen molar-refractivity contribution in [3.63, 3.8) is 0 Å². The van der Waals surface area contributed by atoms with E-state index in [2.05, 4.69) is 5.32 Å². The third-order valence-electron chi connectivity index (χ3n) is 5.69. The standard InChI is InChI=1S/C26H27Cl2N3O5S/c1-18(26(33)29-2)30(16-19-8-7-9-21(14-19)36-3)25(32)17-31(24-13-12-20(27)15-23(24)28)37(34,35)22-10-5-4-6-11-22/h4-15,18H,16-17H2,1-3H3,(H,29,33). The fraction of sp³-hybridized carbons (Fsp3) is 0.231. The van der Waals surface area contributed by atoms with Crippen LogP contribution in [0.15, 0.2) is 77.7 Å². The number of nitrogens with one attached hydrogen (secondary N) is 1. The van der Waals surface area contributed by atoms with Gasteiger partial charge in [0.05, 0.1) is 22.7 Å². The van der Waals surface area contributed by atoms with Crippen molar-refractivity contribution >= 4 is 50.7 Å². The van der Waals surface area contributed by atoms with E-state index in [1.165, 1.54) is 49.4 Å². The third-order valence-corrected chi connectivity index (χ3v) is 8.00. The summed E-state index contributed by atoms with van der Waals surface area (Å²) in [6.45, 7) is 1.00. The molecule has 1 atom stereocenters. The molecule has 0 aromatic heterocycles. The summed E-state index contributed by atoms with van der Waals surface area (Å²) in [7, 11) is -1.23. The van der Waals surface area contributed by atoms with Crippen LogP contribution in [-0.4, -0.2) is 51.9 Å². The van der Waals surface area contributed by atoms with Crippen LogP contribution >= 0.6 is 23.2 Å². The molecular weight excluding hydrogens is 537 g/mol. The molecule has 0 heterocycles. The van der Waals surface area contributed by atoms with Gasteiger partial charge in [0.25, 0.3) is 10.0 Å². The molecule has 0 fully saturated rings. The van der Waals surface area contributed by atoms with Gasteiger partial charge in [0, 0.05) is 18.6 Å². The second kappa shape index (κ2) is 12.3. The van der Waals surface area contributed by atoms with Crippen molar-refractivity contribution in [2.75, 3.05) is 25.0 Å². The van der Waals surface area contributed by atoms with E-state index in [4.69, 9.17) is 27.9 Å². The molecule has 11 heteroatoms. The predicted molar refractivity (Wildman–Crippen MR) is 145 cm³/mol. The van der Waals surface area contributed by atoms with Crippen LogP contribution < -0.4 is 14.4 Å². The number of amides is 2. The number of anilines is 1. The van der Waals surface area contributed by atoms with E-state index in [0.717, 1.165) is 4.31 Å². The summed E-state index contributed by atoms with van der Waals surface area (Å²) in [5, 5.41) is 2.90. The third kappa shape index (κ3) is 6.74. The van der Waals surface area contributed by atoms with Crippen molar-refractivity contribution in [3.8, 4) is 5.75 Å². The number of likely N-dealkylation sites (N-methyl/N-ethyl adjacent to an activating group) is 1. The first-order valence-corrected chi connectivity index (χ1v) is 13.4. The lowest BCUT2D eigenvalue weighted by atomic mass is 10.1. The Morgan fingerprint density at radius 3 is 2.32 bits per heavy atom. The van der Waals surface area contributed by atoms with E-state index in [1.807, 2.05) is 0 Å². The normalized spacial score (nSPS) is 11.9.